The Bertz CT molecular complexity index is 431. The molecular weight excluding hydrogens is 246 g/mol. The molecule has 1 aromatic rings. The molecule has 1 heterocycles. The predicted molar refractivity (Wildman–Crippen MR) is 78.7 cm³/mol. The Morgan fingerprint density at radius 3 is 2.20 bits per heavy atom. The van der Waals surface area contributed by atoms with Crippen molar-refractivity contribution in [3.63, 3.8) is 0 Å². The molecule has 0 spiro atoms. The van der Waals surface area contributed by atoms with Crippen LogP contribution in [0.15, 0.2) is 18.5 Å². The van der Waals surface area contributed by atoms with E-state index in [0.717, 1.165) is 41.8 Å². The van der Waals surface area contributed by atoms with Crippen molar-refractivity contribution in [1.29, 1.82) is 0 Å². The van der Waals surface area contributed by atoms with Crippen molar-refractivity contribution in [2.75, 3.05) is 0 Å². The molecule has 4 saturated carbocycles. The van der Waals surface area contributed by atoms with Crippen LogP contribution in [0.1, 0.15) is 56.8 Å². The Balaban J connectivity index is 1.38. The molecule has 0 aromatic carbocycles. The lowest BCUT2D eigenvalue weighted by Crippen LogP contribution is -2.45. The van der Waals surface area contributed by atoms with Gasteiger partial charge in [0.2, 0.25) is 0 Å². The number of hydrogen-bond donors (Lipinski definition) is 1. The van der Waals surface area contributed by atoms with Crippen LogP contribution in [0.2, 0.25) is 0 Å². The van der Waals surface area contributed by atoms with E-state index in [1.807, 2.05) is 6.07 Å². The van der Waals surface area contributed by atoms with Gasteiger partial charge in [-0.15, -0.1) is 0 Å². The van der Waals surface area contributed by atoms with E-state index in [4.69, 9.17) is 5.73 Å². The molecule has 0 amide bonds. The summed E-state index contributed by atoms with van der Waals surface area (Å²) in [6.45, 7) is 0. The van der Waals surface area contributed by atoms with Crippen LogP contribution in [0.4, 0.5) is 0 Å². The maximum absolute atomic E-state index is 6.27. The lowest BCUT2D eigenvalue weighted by Gasteiger charge is -2.54. The molecule has 4 aliphatic rings. The first-order chi connectivity index (χ1) is 9.79. The minimum atomic E-state index is 0.0217. The van der Waals surface area contributed by atoms with Crippen LogP contribution in [0, 0.1) is 29.6 Å². The second-order valence-electron chi connectivity index (χ2n) is 7.39. The zero-order valence-electron chi connectivity index (χ0n) is 12.1. The summed E-state index contributed by atoms with van der Waals surface area (Å²) in [7, 11) is 0. The molecule has 3 heteroatoms. The standard InChI is InChI=1S/C17H25N3/c18-16(17-19-4-1-5-20-17)3-2-15-13-7-11-6-12(9-13)10-14(15)8-11/h1,4-5,11-16H,2-3,6-10,18H2. The van der Waals surface area contributed by atoms with Crippen molar-refractivity contribution < 1.29 is 0 Å². The zero-order valence-corrected chi connectivity index (χ0v) is 12.1. The average molecular weight is 271 g/mol. The second kappa shape index (κ2) is 5.10. The molecular formula is C17H25N3. The lowest BCUT2D eigenvalue weighted by atomic mass is 9.51. The van der Waals surface area contributed by atoms with Gasteiger partial charge in [-0.05, 0) is 80.6 Å². The van der Waals surface area contributed by atoms with Gasteiger partial charge in [0.05, 0.1) is 6.04 Å². The van der Waals surface area contributed by atoms with Crippen molar-refractivity contribution in [2.45, 2.75) is 51.0 Å². The Hall–Kier alpha value is -0.960. The summed E-state index contributed by atoms with van der Waals surface area (Å²) in [5.41, 5.74) is 6.27. The third-order valence-corrected chi connectivity index (χ3v) is 6.15. The summed E-state index contributed by atoms with van der Waals surface area (Å²) in [6, 6.07) is 1.88. The molecule has 4 fully saturated rings. The van der Waals surface area contributed by atoms with E-state index in [2.05, 4.69) is 9.97 Å². The van der Waals surface area contributed by atoms with Gasteiger partial charge >= 0.3 is 0 Å². The fraction of sp³-hybridized carbons (Fsp3) is 0.765. The summed E-state index contributed by atoms with van der Waals surface area (Å²) in [5, 5.41) is 0. The number of nitrogens with zero attached hydrogens (tertiary/aromatic N) is 2. The third kappa shape index (κ3) is 2.26. The summed E-state index contributed by atoms with van der Waals surface area (Å²) in [5.74, 6) is 5.92. The van der Waals surface area contributed by atoms with Crippen molar-refractivity contribution in [3.8, 4) is 0 Å². The highest BCUT2D eigenvalue weighted by molar-refractivity contribution is 4.99. The van der Waals surface area contributed by atoms with Gasteiger partial charge in [0.1, 0.15) is 5.82 Å². The van der Waals surface area contributed by atoms with E-state index < -0.39 is 0 Å². The van der Waals surface area contributed by atoms with Crippen molar-refractivity contribution in [3.05, 3.63) is 24.3 Å². The smallest absolute Gasteiger partial charge is 0.144 e. The summed E-state index contributed by atoms with van der Waals surface area (Å²) in [4.78, 5) is 8.60. The highest BCUT2D eigenvalue weighted by Gasteiger charge is 2.47. The maximum Gasteiger partial charge on any atom is 0.144 e. The fourth-order valence-electron chi connectivity index (χ4n) is 5.51. The number of nitrogens with two attached hydrogens (primary N) is 1. The minimum Gasteiger partial charge on any atom is -0.321 e. The van der Waals surface area contributed by atoms with Gasteiger partial charge in [0.15, 0.2) is 0 Å². The van der Waals surface area contributed by atoms with E-state index >= 15 is 0 Å². The summed E-state index contributed by atoms with van der Waals surface area (Å²) in [6.07, 6.45) is 13.5. The number of aromatic nitrogens is 2. The Morgan fingerprint density at radius 2 is 1.60 bits per heavy atom. The maximum atomic E-state index is 6.27. The van der Waals surface area contributed by atoms with Crippen LogP contribution < -0.4 is 5.73 Å². The molecule has 20 heavy (non-hydrogen) atoms. The average Bonchev–Trinajstić information content (AvgIpc) is 2.46. The Morgan fingerprint density at radius 1 is 1.00 bits per heavy atom. The molecule has 2 N–H and O–H groups in total. The molecule has 5 rings (SSSR count). The SMILES string of the molecule is NC(CCC1C2CC3CC(C2)CC1C3)c1ncccn1. The van der Waals surface area contributed by atoms with E-state index in [-0.39, 0.29) is 6.04 Å². The summed E-state index contributed by atoms with van der Waals surface area (Å²) >= 11 is 0. The molecule has 0 radical (unpaired) electrons. The molecule has 4 aliphatic carbocycles. The van der Waals surface area contributed by atoms with Crippen LogP contribution in [-0.2, 0) is 0 Å². The molecule has 1 atom stereocenters. The monoisotopic (exact) mass is 271 g/mol. The Labute approximate surface area is 121 Å². The minimum absolute atomic E-state index is 0.0217. The van der Waals surface area contributed by atoms with Gasteiger partial charge in [0, 0.05) is 12.4 Å². The van der Waals surface area contributed by atoms with Gasteiger partial charge < -0.3 is 5.73 Å². The van der Waals surface area contributed by atoms with Crippen molar-refractivity contribution in [1.82, 2.24) is 9.97 Å². The van der Waals surface area contributed by atoms with Gasteiger partial charge in [-0.2, -0.15) is 0 Å². The first kappa shape index (κ1) is 12.8. The highest BCUT2D eigenvalue weighted by atomic mass is 14.9. The quantitative estimate of drug-likeness (QED) is 0.914. The summed E-state index contributed by atoms with van der Waals surface area (Å²) < 4.78 is 0. The van der Waals surface area contributed by atoms with Gasteiger partial charge in [-0.1, -0.05) is 0 Å². The number of hydrogen-bond acceptors (Lipinski definition) is 3. The fourth-order valence-corrected chi connectivity index (χ4v) is 5.51. The molecule has 3 nitrogen and oxygen atoms in total. The first-order valence-electron chi connectivity index (χ1n) is 8.32. The van der Waals surface area contributed by atoms with Crippen LogP contribution in [0.5, 0.6) is 0 Å². The highest BCUT2D eigenvalue weighted by Crippen LogP contribution is 2.57. The third-order valence-electron chi connectivity index (χ3n) is 6.15. The van der Waals surface area contributed by atoms with E-state index in [9.17, 15) is 0 Å². The second-order valence-corrected chi connectivity index (χ2v) is 7.39. The molecule has 4 bridgehead atoms. The van der Waals surface area contributed by atoms with E-state index in [0.29, 0.717) is 0 Å². The zero-order chi connectivity index (χ0) is 13.5. The molecule has 1 unspecified atom stereocenters. The van der Waals surface area contributed by atoms with Gasteiger partial charge in [-0.3, -0.25) is 0 Å². The van der Waals surface area contributed by atoms with Crippen LogP contribution >= 0.6 is 0 Å². The van der Waals surface area contributed by atoms with Crippen molar-refractivity contribution >= 4 is 0 Å². The van der Waals surface area contributed by atoms with Crippen LogP contribution in [0.3, 0.4) is 0 Å². The number of rotatable bonds is 4. The Kier molecular flexibility index (Phi) is 3.25. The molecule has 0 saturated heterocycles. The van der Waals surface area contributed by atoms with Crippen LogP contribution in [-0.4, -0.2) is 9.97 Å². The largest absolute Gasteiger partial charge is 0.321 e. The normalized spacial score (nSPS) is 40.0. The lowest BCUT2D eigenvalue weighted by molar-refractivity contribution is -0.0409. The first-order valence-corrected chi connectivity index (χ1v) is 8.32. The topological polar surface area (TPSA) is 51.8 Å². The molecule has 1 aromatic heterocycles. The van der Waals surface area contributed by atoms with Crippen molar-refractivity contribution in [2.24, 2.45) is 35.3 Å². The van der Waals surface area contributed by atoms with E-state index in [1.54, 1.807) is 12.4 Å². The van der Waals surface area contributed by atoms with E-state index in [1.165, 1.54) is 38.5 Å². The van der Waals surface area contributed by atoms with Gasteiger partial charge in [-0.25, -0.2) is 9.97 Å². The molecule has 108 valence electrons. The van der Waals surface area contributed by atoms with Crippen LogP contribution in [0.25, 0.3) is 0 Å². The predicted octanol–water partition coefficient (Wildman–Crippen LogP) is 3.33. The van der Waals surface area contributed by atoms with Gasteiger partial charge in [0.25, 0.3) is 0 Å². The molecule has 0 aliphatic heterocycles.